The van der Waals surface area contributed by atoms with Crippen molar-refractivity contribution in [3.05, 3.63) is 52.7 Å². The molecule has 1 atom stereocenters. The molecule has 21 heavy (non-hydrogen) atoms. The second kappa shape index (κ2) is 6.74. The maximum absolute atomic E-state index is 4.52. The van der Waals surface area contributed by atoms with E-state index in [-0.39, 0.29) is 6.04 Å². The van der Waals surface area contributed by atoms with Gasteiger partial charge in [-0.05, 0) is 24.6 Å². The van der Waals surface area contributed by atoms with Crippen molar-refractivity contribution >= 4 is 22.4 Å². The predicted octanol–water partition coefficient (Wildman–Crippen LogP) is 3.37. The first-order valence-corrected chi connectivity index (χ1v) is 8.07. The minimum absolute atomic E-state index is 0.241. The molecule has 2 aromatic heterocycles. The molecular weight excluding hydrogens is 280 g/mol. The van der Waals surface area contributed by atoms with Crippen LogP contribution in [0.5, 0.6) is 0 Å². The molecule has 0 aliphatic carbocycles. The highest BCUT2D eigenvalue weighted by Gasteiger charge is 2.16. The van der Waals surface area contributed by atoms with Crippen molar-refractivity contribution in [2.45, 2.75) is 25.8 Å². The molecule has 3 aromatic rings. The Labute approximate surface area is 128 Å². The van der Waals surface area contributed by atoms with Gasteiger partial charge in [0.2, 0.25) is 0 Å². The number of fused-ring (bicyclic) bond motifs is 1. The van der Waals surface area contributed by atoms with E-state index in [1.54, 1.807) is 23.7 Å². The quantitative estimate of drug-likeness (QED) is 0.758. The smallest absolute Gasteiger partial charge is 0.0934 e. The number of nitrogens with zero attached hydrogens (tertiary/aromatic N) is 3. The van der Waals surface area contributed by atoms with Gasteiger partial charge in [-0.3, -0.25) is 15.0 Å². The van der Waals surface area contributed by atoms with E-state index in [4.69, 9.17) is 0 Å². The van der Waals surface area contributed by atoms with E-state index in [1.807, 2.05) is 17.8 Å². The summed E-state index contributed by atoms with van der Waals surface area (Å²) in [6.45, 7) is 3.17. The van der Waals surface area contributed by atoms with Crippen LogP contribution in [0.4, 0.5) is 0 Å². The van der Waals surface area contributed by atoms with Crippen LogP contribution in [0.15, 0.2) is 42.3 Å². The minimum atomic E-state index is 0.241. The van der Waals surface area contributed by atoms with Crippen LogP contribution in [-0.2, 0) is 6.42 Å². The van der Waals surface area contributed by atoms with Crippen LogP contribution in [0.2, 0.25) is 0 Å². The first-order valence-electron chi connectivity index (χ1n) is 7.19. The van der Waals surface area contributed by atoms with Crippen molar-refractivity contribution in [3.8, 4) is 0 Å². The fraction of sp³-hybridized carbons (Fsp3) is 0.312. The number of aromatic nitrogens is 3. The molecule has 1 N–H and O–H groups in total. The van der Waals surface area contributed by atoms with Gasteiger partial charge in [-0.15, -0.1) is 11.3 Å². The molecule has 1 unspecified atom stereocenters. The lowest BCUT2D eigenvalue weighted by Crippen LogP contribution is -2.24. The van der Waals surface area contributed by atoms with Gasteiger partial charge in [-0.25, -0.2) is 0 Å². The summed E-state index contributed by atoms with van der Waals surface area (Å²) >= 11 is 1.70. The van der Waals surface area contributed by atoms with E-state index in [2.05, 4.69) is 39.3 Å². The zero-order chi connectivity index (χ0) is 14.5. The summed E-state index contributed by atoms with van der Waals surface area (Å²) in [4.78, 5) is 14.4. The third-order valence-corrected chi connectivity index (χ3v) is 4.24. The zero-order valence-electron chi connectivity index (χ0n) is 12.0. The molecule has 4 nitrogen and oxygen atoms in total. The summed E-state index contributed by atoms with van der Waals surface area (Å²) in [5.74, 6) is 0. The van der Waals surface area contributed by atoms with Gasteiger partial charge in [0.05, 0.1) is 16.5 Å². The van der Waals surface area contributed by atoms with E-state index in [0.717, 1.165) is 30.4 Å². The van der Waals surface area contributed by atoms with E-state index in [1.165, 1.54) is 10.4 Å². The number of rotatable bonds is 6. The number of hydrogen-bond acceptors (Lipinski definition) is 5. The molecule has 0 amide bonds. The lowest BCUT2D eigenvalue weighted by Gasteiger charge is -2.19. The van der Waals surface area contributed by atoms with Crippen LogP contribution >= 0.6 is 11.3 Å². The summed E-state index contributed by atoms with van der Waals surface area (Å²) in [6, 6.07) is 6.45. The number of hydrogen-bond donors (Lipinski definition) is 1. The van der Waals surface area contributed by atoms with Crippen molar-refractivity contribution in [3.63, 3.8) is 0 Å². The van der Waals surface area contributed by atoms with Gasteiger partial charge in [-0.1, -0.05) is 19.1 Å². The number of para-hydroxylation sites is 1. The highest BCUT2D eigenvalue weighted by atomic mass is 32.1. The van der Waals surface area contributed by atoms with Crippen LogP contribution in [-0.4, -0.2) is 21.5 Å². The topological polar surface area (TPSA) is 50.7 Å². The Bertz CT molecular complexity index is 691. The van der Waals surface area contributed by atoms with Gasteiger partial charge in [0, 0.05) is 35.9 Å². The summed E-state index contributed by atoms with van der Waals surface area (Å²) in [5.41, 5.74) is 5.03. The molecule has 0 fully saturated rings. The fourth-order valence-electron chi connectivity index (χ4n) is 2.45. The molecule has 5 heteroatoms. The Hall–Kier alpha value is -1.85. The van der Waals surface area contributed by atoms with Crippen LogP contribution in [0, 0.1) is 0 Å². The first kappa shape index (κ1) is 14.1. The van der Waals surface area contributed by atoms with Crippen molar-refractivity contribution in [1.29, 1.82) is 0 Å². The van der Waals surface area contributed by atoms with Gasteiger partial charge >= 0.3 is 0 Å². The van der Waals surface area contributed by atoms with Crippen LogP contribution in [0.3, 0.4) is 0 Å². The largest absolute Gasteiger partial charge is 0.310 e. The zero-order valence-corrected chi connectivity index (χ0v) is 12.8. The second-order valence-electron chi connectivity index (χ2n) is 4.95. The molecule has 0 radical (unpaired) electrons. The molecule has 3 rings (SSSR count). The Morgan fingerprint density at radius 1 is 1.24 bits per heavy atom. The van der Waals surface area contributed by atoms with Crippen molar-refractivity contribution in [1.82, 2.24) is 20.3 Å². The minimum Gasteiger partial charge on any atom is -0.310 e. The standard InChI is InChI=1S/C16H18N4S/c1-2-6-18-15(9-12-10-17-11-21-12)13-4-3-5-14-16(13)20-8-7-19-14/h3-5,7-8,10-11,15,18H,2,6,9H2,1H3. The Morgan fingerprint density at radius 3 is 2.95 bits per heavy atom. The van der Waals surface area contributed by atoms with Gasteiger partial charge < -0.3 is 5.32 Å². The molecule has 108 valence electrons. The molecule has 0 saturated heterocycles. The fourth-order valence-corrected chi connectivity index (χ4v) is 3.09. The summed E-state index contributed by atoms with van der Waals surface area (Å²) < 4.78 is 0. The maximum atomic E-state index is 4.52. The second-order valence-corrected chi connectivity index (χ2v) is 5.92. The van der Waals surface area contributed by atoms with Gasteiger partial charge in [0.25, 0.3) is 0 Å². The lowest BCUT2D eigenvalue weighted by molar-refractivity contribution is 0.534. The average molecular weight is 298 g/mol. The van der Waals surface area contributed by atoms with Crippen LogP contribution < -0.4 is 5.32 Å². The predicted molar refractivity (Wildman–Crippen MR) is 86.4 cm³/mol. The summed E-state index contributed by atoms with van der Waals surface area (Å²) in [6.07, 6.45) is 7.48. The maximum Gasteiger partial charge on any atom is 0.0934 e. The monoisotopic (exact) mass is 298 g/mol. The molecule has 0 spiro atoms. The van der Waals surface area contributed by atoms with Crippen LogP contribution in [0.25, 0.3) is 11.0 Å². The molecule has 0 aliphatic heterocycles. The van der Waals surface area contributed by atoms with Crippen molar-refractivity contribution in [2.24, 2.45) is 0 Å². The molecular formula is C16H18N4S. The Balaban J connectivity index is 1.97. The molecule has 1 aromatic carbocycles. The Morgan fingerprint density at radius 2 is 2.14 bits per heavy atom. The third kappa shape index (κ3) is 3.25. The van der Waals surface area contributed by atoms with Gasteiger partial charge in [-0.2, -0.15) is 0 Å². The molecule has 2 heterocycles. The SMILES string of the molecule is CCCNC(Cc1cncs1)c1cccc2nccnc12. The number of nitrogens with one attached hydrogen (secondary N) is 1. The van der Waals surface area contributed by atoms with Crippen LogP contribution in [0.1, 0.15) is 29.8 Å². The van der Waals surface area contributed by atoms with E-state index < -0.39 is 0 Å². The molecule has 0 aliphatic rings. The van der Waals surface area contributed by atoms with E-state index in [9.17, 15) is 0 Å². The molecule has 0 saturated carbocycles. The van der Waals surface area contributed by atoms with E-state index in [0.29, 0.717) is 0 Å². The van der Waals surface area contributed by atoms with E-state index >= 15 is 0 Å². The summed E-state index contributed by atoms with van der Waals surface area (Å²) in [5, 5.41) is 3.63. The Kier molecular flexibility index (Phi) is 4.52. The number of benzene rings is 1. The van der Waals surface area contributed by atoms with Gasteiger partial charge in [0.1, 0.15) is 0 Å². The first-order chi connectivity index (χ1) is 10.4. The summed E-state index contributed by atoms with van der Waals surface area (Å²) in [7, 11) is 0. The normalized spacial score (nSPS) is 12.6. The van der Waals surface area contributed by atoms with Gasteiger partial charge in [0.15, 0.2) is 0 Å². The van der Waals surface area contributed by atoms with Crippen molar-refractivity contribution in [2.75, 3.05) is 6.54 Å². The highest BCUT2D eigenvalue weighted by Crippen LogP contribution is 2.25. The molecule has 0 bridgehead atoms. The average Bonchev–Trinajstić information content (AvgIpc) is 3.04. The number of thiazole rings is 1. The highest BCUT2D eigenvalue weighted by molar-refractivity contribution is 7.09. The third-order valence-electron chi connectivity index (χ3n) is 3.43. The van der Waals surface area contributed by atoms with Crippen molar-refractivity contribution < 1.29 is 0 Å². The lowest BCUT2D eigenvalue weighted by atomic mass is 10.0.